The Morgan fingerprint density at radius 2 is 1.86 bits per heavy atom. The molecule has 0 saturated carbocycles. The van der Waals surface area contributed by atoms with Gasteiger partial charge in [0, 0.05) is 18.8 Å². The van der Waals surface area contributed by atoms with Gasteiger partial charge in [-0.15, -0.1) is 0 Å². The number of rotatable bonds is 7. The molecule has 2 heteroatoms. The first-order valence-electron chi connectivity index (χ1n) is 5.48. The second-order valence-corrected chi connectivity index (χ2v) is 4.96. The summed E-state index contributed by atoms with van der Waals surface area (Å²) in [5.41, 5.74) is 1.12. The third-order valence-electron chi connectivity index (χ3n) is 2.08. The summed E-state index contributed by atoms with van der Waals surface area (Å²) in [6, 6.07) is 0. The number of hydrogen-bond acceptors (Lipinski definition) is 2. The van der Waals surface area contributed by atoms with Gasteiger partial charge in [-0.2, -0.15) is 0 Å². The van der Waals surface area contributed by atoms with E-state index in [9.17, 15) is 0 Å². The van der Waals surface area contributed by atoms with Crippen molar-refractivity contribution in [3.8, 4) is 0 Å². The van der Waals surface area contributed by atoms with E-state index in [4.69, 9.17) is 0 Å². The quantitative estimate of drug-likeness (QED) is 0.675. The minimum Gasteiger partial charge on any atom is -0.388 e. The van der Waals surface area contributed by atoms with Gasteiger partial charge in [-0.1, -0.05) is 27.4 Å². The van der Waals surface area contributed by atoms with Gasteiger partial charge >= 0.3 is 0 Å². The van der Waals surface area contributed by atoms with Crippen LogP contribution in [0.1, 0.15) is 27.2 Å². The highest BCUT2D eigenvalue weighted by Crippen LogP contribution is 2.09. The van der Waals surface area contributed by atoms with Crippen molar-refractivity contribution in [1.82, 2.24) is 10.2 Å². The zero-order chi connectivity index (χ0) is 11.1. The minimum atomic E-state index is 0.730. The lowest BCUT2D eigenvalue weighted by molar-refractivity contribution is 0.402. The number of hydrogen-bond donors (Lipinski definition) is 1. The summed E-state index contributed by atoms with van der Waals surface area (Å²) in [5, 5.41) is 3.38. The van der Waals surface area contributed by atoms with Gasteiger partial charge in [-0.25, -0.2) is 0 Å². The Morgan fingerprint density at radius 1 is 1.29 bits per heavy atom. The fourth-order valence-electron chi connectivity index (χ4n) is 1.64. The fourth-order valence-corrected chi connectivity index (χ4v) is 1.64. The number of nitrogens with one attached hydrogen (secondary N) is 1. The lowest BCUT2D eigenvalue weighted by Gasteiger charge is -2.18. The predicted molar refractivity (Wildman–Crippen MR) is 64.3 cm³/mol. The van der Waals surface area contributed by atoms with Crippen LogP contribution in [-0.2, 0) is 0 Å². The summed E-state index contributed by atoms with van der Waals surface area (Å²) in [7, 11) is 4.12. The molecule has 0 spiro atoms. The van der Waals surface area contributed by atoms with Gasteiger partial charge in [-0.3, -0.25) is 0 Å². The van der Waals surface area contributed by atoms with Gasteiger partial charge in [0.15, 0.2) is 0 Å². The van der Waals surface area contributed by atoms with Crippen molar-refractivity contribution in [2.45, 2.75) is 27.2 Å². The molecule has 14 heavy (non-hydrogen) atoms. The van der Waals surface area contributed by atoms with Crippen LogP contribution in [0.4, 0.5) is 0 Å². The van der Waals surface area contributed by atoms with E-state index in [2.05, 4.69) is 51.7 Å². The Bertz CT molecular complexity index is 162. The maximum absolute atomic E-state index is 3.99. The van der Waals surface area contributed by atoms with E-state index in [0.717, 1.165) is 30.6 Å². The van der Waals surface area contributed by atoms with Gasteiger partial charge in [0.1, 0.15) is 0 Å². The zero-order valence-corrected chi connectivity index (χ0v) is 10.4. The van der Waals surface area contributed by atoms with Crippen LogP contribution in [0.2, 0.25) is 0 Å². The molecule has 0 heterocycles. The van der Waals surface area contributed by atoms with Crippen molar-refractivity contribution in [3.05, 3.63) is 12.3 Å². The van der Waals surface area contributed by atoms with E-state index in [0.29, 0.717) is 0 Å². The Balaban J connectivity index is 3.56. The summed E-state index contributed by atoms with van der Waals surface area (Å²) in [4.78, 5) is 2.13. The summed E-state index contributed by atoms with van der Waals surface area (Å²) in [5.74, 6) is 1.52. The average Bonchev–Trinajstić information content (AvgIpc) is 1.98. The average molecular weight is 198 g/mol. The van der Waals surface area contributed by atoms with E-state index in [1.807, 2.05) is 0 Å². The van der Waals surface area contributed by atoms with Crippen molar-refractivity contribution >= 4 is 0 Å². The molecule has 0 rings (SSSR count). The molecule has 0 aliphatic rings. The molecule has 0 aliphatic carbocycles. The first kappa shape index (κ1) is 13.5. The second kappa shape index (κ2) is 6.88. The van der Waals surface area contributed by atoms with Crippen LogP contribution < -0.4 is 5.32 Å². The minimum absolute atomic E-state index is 0.730. The molecule has 1 unspecified atom stereocenters. The zero-order valence-electron chi connectivity index (χ0n) is 10.4. The first-order chi connectivity index (χ1) is 6.41. The van der Waals surface area contributed by atoms with Crippen molar-refractivity contribution in [1.29, 1.82) is 0 Å². The van der Waals surface area contributed by atoms with E-state index in [1.165, 1.54) is 6.42 Å². The summed E-state index contributed by atoms with van der Waals surface area (Å²) in [6.07, 6.45) is 1.28. The Kier molecular flexibility index (Phi) is 6.64. The molecule has 0 radical (unpaired) electrons. The standard InChI is InChI=1S/C12H26N2/c1-10(2)7-11(3)8-13-12(4)9-14(5)6/h10-11,13H,4,7-9H2,1-3,5-6H3. The molecule has 0 saturated heterocycles. The third kappa shape index (κ3) is 8.11. The molecule has 2 nitrogen and oxygen atoms in total. The van der Waals surface area contributed by atoms with Crippen molar-refractivity contribution in [2.24, 2.45) is 11.8 Å². The van der Waals surface area contributed by atoms with Crippen LogP contribution in [-0.4, -0.2) is 32.1 Å². The van der Waals surface area contributed by atoms with Crippen LogP contribution in [0.3, 0.4) is 0 Å². The Hall–Kier alpha value is -0.500. The molecule has 0 aromatic rings. The molecule has 0 fully saturated rings. The fraction of sp³-hybridized carbons (Fsp3) is 0.833. The maximum atomic E-state index is 3.99. The van der Waals surface area contributed by atoms with E-state index in [1.54, 1.807) is 0 Å². The Morgan fingerprint density at radius 3 is 2.29 bits per heavy atom. The normalized spacial score (nSPS) is 13.4. The molecule has 0 amide bonds. The van der Waals surface area contributed by atoms with Gasteiger partial charge in [-0.05, 0) is 32.4 Å². The van der Waals surface area contributed by atoms with E-state index >= 15 is 0 Å². The molecule has 0 aliphatic heterocycles. The third-order valence-corrected chi connectivity index (χ3v) is 2.08. The van der Waals surface area contributed by atoms with Gasteiger partial charge < -0.3 is 10.2 Å². The number of likely N-dealkylation sites (N-methyl/N-ethyl adjacent to an activating group) is 1. The highest BCUT2D eigenvalue weighted by molar-refractivity contribution is 4.93. The second-order valence-electron chi connectivity index (χ2n) is 4.96. The van der Waals surface area contributed by atoms with Crippen molar-refractivity contribution in [2.75, 3.05) is 27.2 Å². The van der Waals surface area contributed by atoms with E-state index in [-0.39, 0.29) is 0 Å². The van der Waals surface area contributed by atoms with Gasteiger partial charge in [0.05, 0.1) is 0 Å². The predicted octanol–water partition coefficient (Wildman–Crippen LogP) is 2.33. The van der Waals surface area contributed by atoms with Crippen molar-refractivity contribution < 1.29 is 0 Å². The van der Waals surface area contributed by atoms with Crippen molar-refractivity contribution in [3.63, 3.8) is 0 Å². The molecule has 1 atom stereocenters. The molecule has 84 valence electrons. The lowest BCUT2D eigenvalue weighted by atomic mass is 9.99. The summed E-state index contributed by atoms with van der Waals surface area (Å²) >= 11 is 0. The Labute approximate surface area is 89.4 Å². The molecule has 0 bridgehead atoms. The monoisotopic (exact) mass is 198 g/mol. The highest BCUT2D eigenvalue weighted by Gasteiger charge is 2.05. The molecular formula is C12H26N2. The molecule has 1 N–H and O–H groups in total. The molecule has 0 aromatic carbocycles. The SMILES string of the molecule is C=C(CN(C)C)NCC(C)CC(C)C. The van der Waals surface area contributed by atoms with Crippen LogP contribution >= 0.6 is 0 Å². The lowest BCUT2D eigenvalue weighted by Crippen LogP contribution is -2.27. The van der Waals surface area contributed by atoms with Gasteiger partial charge in [0.2, 0.25) is 0 Å². The summed E-state index contributed by atoms with van der Waals surface area (Å²) < 4.78 is 0. The topological polar surface area (TPSA) is 15.3 Å². The van der Waals surface area contributed by atoms with Crippen LogP contribution in [0.25, 0.3) is 0 Å². The smallest absolute Gasteiger partial charge is 0.0369 e. The largest absolute Gasteiger partial charge is 0.388 e. The highest BCUT2D eigenvalue weighted by atomic mass is 15.1. The van der Waals surface area contributed by atoms with Crippen LogP contribution in [0.5, 0.6) is 0 Å². The molecular weight excluding hydrogens is 172 g/mol. The van der Waals surface area contributed by atoms with E-state index < -0.39 is 0 Å². The summed E-state index contributed by atoms with van der Waals surface area (Å²) in [6.45, 7) is 12.8. The van der Waals surface area contributed by atoms with Crippen LogP contribution in [0.15, 0.2) is 12.3 Å². The van der Waals surface area contributed by atoms with Crippen LogP contribution in [0, 0.1) is 11.8 Å². The maximum Gasteiger partial charge on any atom is 0.0369 e. The van der Waals surface area contributed by atoms with Gasteiger partial charge in [0.25, 0.3) is 0 Å². The molecule has 0 aromatic heterocycles. The number of nitrogens with zero attached hydrogens (tertiary/aromatic N) is 1. The first-order valence-corrected chi connectivity index (χ1v) is 5.48.